The lowest BCUT2D eigenvalue weighted by atomic mass is 9.89. The number of hydrogen-bond donors (Lipinski definition) is 1. The van der Waals surface area contributed by atoms with Crippen LogP contribution in [0.15, 0.2) is 28.7 Å². The van der Waals surface area contributed by atoms with Crippen molar-refractivity contribution in [2.24, 2.45) is 5.92 Å². The first-order valence-corrected chi connectivity index (χ1v) is 8.69. The Hall–Kier alpha value is -1.69. The van der Waals surface area contributed by atoms with E-state index in [4.69, 9.17) is 0 Å². The average molecular weight is 379 g/mol. The summed E-state index contributed by atoms with van der Waals surface area (Å²) < 4.78 is 1.07. The highest BCUT2D eigenvalue weighted by atomic mass is 79.9. The van der Waals surface area contributed by atoms with Gasteiger partial charge in [0.2, 0.25) is 17.7 Å². The monoisotopic (exact) mass is 378 g/mol. The summed E-state index contributed by atoms with van der Waals surface area (Å²) in [7, 11) is 0. The minimum atomic E-state index is -0.487. The van der Waals surface area contributed by atoms with E-state index >= 15 is 0 Å². The van der Waals surface area contributed by atoms with Crippen LogP contribution in [-0.2, 0) is 14.4 Å². The molecule has 2 saturated heterocycles. The summed E-state index contributed by atoms with van der Waals surface area (Å²) in [5.41, 5.74) is 1.31. The van der Waals surface area contributed by atoms with Gasteiger partial charge in [-0.3, -0.25) is 19.7 Å². The zero-order valence-corrected chi connectivity index (χ0v) is 14.3. The van der Waals surface area contributed by atoms with Gasteiger partial charge >= 0.3 is 0 Å². The largest absolute Gasteiger partial charge is 0.343 e. The standard InChI is InChI=1S/C17H19BrN2O3/c18-14-3-1-11(2-4-14)12-5-7-20(8-6-12)16(22)10-13-9-15(21)19-17(13)23/h1-4,12-13H,5-10H2,(H,19,21,23). The van der Waals surface area contributed by atoms with E-state index in [1.165, 1.54) is 5.56 Å². The van der Waals surface area contributed by atoms with E-state index in [1.807, 2.05) is 17.0 Å². The van der Waals surface area contributed by atoms with E-state index in [1.54, 1.807) is 0 Å². The fourth-order valence-electron chi connectivity index (χ4n) is 3.31. The summed E-state index contributed by atoms with van der Waals surface area (Å²) in [5, 5.41) is 2.26. The molecular formula is C17H19BrN2O3. The number of halogens is 1. The van der Waals surface area contributed by atoms with E-state index in [9.17, 15) is 14.4 Å². The van der Waals surface area contributed by atoms with Crippen LogP contribution in [0.2, 0.25) is 0 Å². The Bertz CT molecular complexity index is 621. The summed E-state index contributed by atoms with van der Waals surface area (Å²) in [5.74, 6) is -0.619. The highest BCUT2D eigenvalue weighted by Crippen LogP contribution is 2.29. The number of nitrogens with one attached hydrogen (secondary N) is 1. The van der Waals surface area contributed by atoms with Crippen LogP contribution in [0.5, 0.6) is 0 Å². The molecule has 3 amide bonds. The molecule has 5 nitrogen and oxygen atoms in total. The number of piperidine rings is 1. The van der Waals surface area contributed by atoms with E-state index in [0.29, 0.717) is 19.0 Å². The Balaban J connectivity index is 1.52. The molecule has 2 heterocycles. The molecule has 0 spiro atoms. The maximum atomic E-state index is 12.3. The quantitative estimate of drug-likeness (QED) is 0.819. The predicted octanol–water partition coefficient (Wildman–Crippen LogP) is 2.21. The number of amides is 3. The van der Waals surface area contributed by atoms with E-state index in [-0.39, 0.29) is 30.6 Å². The van der Waals surface area contributed by atoms with Crippen molar-refractivity contribution in [3.63, 3.8) is 0 Å². The first kappa shape index (κ1) is 16.2. The Labute approximate surface area is 143 Å². The lowest BCUT2D eigenvalue weighted by Crippen LogP contribution is -2.39. The van der Waals surface area contributed by atoms with Crippen molar-refractivity contribution in [1.82, 2.24) is 10.2 Å². The van der Waals surface area contributed by atoms with Crippen molar-refractivity contribution in [3.05, 3.63) is 34.3 Å². The van der Waals surface area contributed by atoms with Gasteiger partial charge in [0.1, 0.15) is 0 Å². The third kappa shape index (κ3) is 3.80. The Morgan fingerprint density at radius 1 is 1.17 bits per heavy atom. The zero-order chi connectivity index (χ0) is 16.4. The number of hydrogen-bond acceptors (Lipinski definition) is 3. The van der Waals surface area contributed by atoms with Crippen LogP contribution >= 0.6 is 15.9 Å². The van der Waals surface area contributed by atoms with Crippen LogP contribution in [0, 0.1) is 5.92 Å². The molecule has 2 aliphatic heterocycles. The minimum absolute atomic E-state index is 0.0193. The van der Waals surface area contributed by atoms with Gasteiger partial charge in [0.25, 0.3) is 0 Å². The average Bonchev–Trinajstić information content (AvgIpc) is 2.86. The second-order valence-corrected chi connectivity index (χ2v) is 7.14. The van der Waals surface area contributed by atoms with Gasteiger partial charge in [0.05, 0.1) is 5.92 Å². The second kappa shape index (κ2) is 6.83. The molecule has 6 heteroatoms. The topological polar surface area (TPSA) is 66.5 Å². The molecule has 0 aliphatic carbocycles. The third-order valence-corrected chi connectivity index (χ3v) is 5.20. The molecule has 1 aromatic rings. The summed E-state index contributed by atoms with van der Waals surface area (Å²) >= 11 is 3.44. The minimum Gasteiger partial charge on any atom is -0.343 e. The Kier molecular flexibility index (Phi) is 4.80. The Morgan fingerprint density at radius 2 is 1.83 bits per heavy atom. The molecule has 3 rings (SSSR count). The summed E-state index contributed by atoms with van der Waals surface area (Å²) in [6.45, 7) is 1.42. The zero-order valence-electron chi connectivity index (χ0n) is 12.8. The number of imide groups is 1. The molecule has 122 valence electrons. The van der Waals surface area contributed by atoms with E-state index in [0.717, 1.165) is 17.3 Å². The van der Waals surface area contributed by atoms with Crippen molar-refractivity contribution in [3.8, 4) is 0 Å². The molecule has 0 aromatic heterocycles. The molecule has 1 unspecified atom stereocenters. The molecule has 0 saturated carbocycles. The molecular weight excluding hydrogens is 360 g/mol. The van der Waals surface area contributed by atoms with Gasteiger partial charge < -0.3 is 4.90 Å². The van der Waals surface area contributed by atoms with Crippen LogP contribution in [-0.4, -0.2) is 35.7 Å². The first-order chi connectivity index (χ1) is 11.0. The van der Waals surface area contributed by atoms with Crippen LogP contribution in [0.3, 0.4) is 0 Å². The molecule has 2 fully saturated rings. The fraction of sp³-hybridized carbons (Fsp3) is 0.471. The first-order valence-electron chi connectivity index (χ1n) is 7.90. The number of carbonyl (C=O) groups excluding carboxylic acids is 3. The van der Waals surface area contributed by atoms with Crippen molar-refractivity contribution < 1.29 is 14.4 Å². The molecule has 23 heavy (non-hydrogen) atoms. The number of likely N-dealkylation sites (tertiary alicyclic amines) is 1. The van der Waals surface area contributed by atoms with Gasteiger partial charge in [-0.2, -0.15) is 0 Å². The summed E-state index contributed by atoms with van der Waals surface area (Å²) in [4.78, 5) is 36.9. The van der Waals surface area contributed by atoms with Gasteiger partial charge in [0.15, 0.2) is 0 Å². The smallest absolute Gasteiger partial charge is 0.230 e. The third-order valence-electron chi connectivity index (χ3n) is 4.68. The molecule has 1 aromatic carbocycles. The maximum absolute atomic E-state index is 12.3. The number of nitrogens with zero attached hydrogens (tertiary/aromatic N) is 1. The lowest BCUT2D eigenvalue weighted by Gasteiger charge is -2.32. The number of carbonyl (C=O) groups is 3. The van der Waals surface area contributed by atoms with Crippen LogP contribution in [0.4, 0.5) is 0 Å². The van der Waals surface area contributed by atoms with Crippen LogP contribution in [0.25, 0.3) is 0 Å². The van der Waals surface area contributed by atoms with Crippen molar-refractivity contribution in [2.75, 3.05) is 13.1 Å². The van der Waals surface area contributed by atoms with Gasteiger partial charge in [-0.05, 0) is 36.5 Å². The highest BCUT2D eigenvalue weighted by Gasteiger charge is 2.34. The number of rotatable bonds is 3. The van der Waals surface area contributed by atoms with Crippen molar-refractivity contribution >= 4 is 33.7 Å². The van der Waals surface area contributed by atoms with Crippen molar-refractivity contribution in [1.29, 1.82) is 0 Å². The number of benzene rings is 1. The Morgan fingerprint density at radius 3 is 2.39 bits per heavy atom. The SMILES string of the molecule is O=C1CC(CC(=O)N2CCC(c3ccc(Br)cc3)CC2)C(=O)N1. The fourth-order valence-corrected chi connectivity index (χ4v) is 3.57. The van der Waals surface area contributed by atoms with Gasteiger partial charge in [-0.15, -0.1) is 0 Å². The van der Waals surface area contributed by atoms with E-state index in [2.05, 4.69) is 33.4 Å². The van der Waals surface area contributed by atoms with Crippen LogP contribution in [0.1, 0.15) is 37.2 Å². The van der Waals surface area contributed by atoms with Gasteiger partial charge in [-0.25, -0.2) is 0 Å². The molecule has 1 atom stereocenters. The van der Waals surface area contributed by atoms with Gasteiger partial charge in [0, 0.05) is 30.4 Å². The van der Waals surface area contributed by atoms with Gasteiger partial charge in [-0.1, -0.05) is 28.1 Å². The lowest BCUT2D eigenvalue weighted by molar-refractivity contribution is -0.136. The van der Waals surface area contributed by atoms with Crippen molar-refractivity contribution in [2.45, 2.75) is 31.6 Å². The molecule has 0 radical (unpaired) electrons. The molecule has 0 bridgehead atoms. The highest BCUT2D eigenvalue weighted by molar-refractivity contribution is 9.10. The molecule has 1 N–H and O–H groups in total. The second-order valence-electron chi connectivity index (χ2n) is 6.22. The van der Waals surface area contributed by atoms with Crippen LogP contribution < -0.4 is 5.32 Å². The molecule has 2 aliphatic rings. The van der Waals surface area contributed by atoms with E-state index < -0.39 is 5.92 Å². The predicted molar refractivity (Wildman–Crippen MR) is 88.6 cm³/mol. The maximum Gasteiger partial charge on any atom is 0.230 e. The normalized spacial score (nSPS) is 22.3. The summed E-state index contributed by atoms with van der Waals surface area (Å²) in [6.07, 6.45) is 2.15. The summed E-state index contributed by atoms with van der Waals surface area (Å²) in [6, 6.07) is 8.34.